The monoisotopic (exact) mass is 675 g/mol. The summed E-state index contributed by atoms with van der Waals surface area (Å²) in [4.78, 5) is 63.0. The second-order valence-electron chi connectivity index (χ2n) is 11.4. The Morgan fingerprint density at radius 2 is 1.56 bits per heavy atom. The molecule has 4 bridgehead atoms. The van der Waals surface area contributed by atoms with Crippen molar-refractivity contribution in [3.05, 3.63) is 68.1 Å². The molecular formula is C31H42ClN7O4S2. The molecule has 3 aromatic rings. The van der Waals surface area contributed by atoms with Gasteiger partial charge in [-0.25, -0.2) is 9.97 Å². The van der Waals surface area contributed by atoms with Gasteiger partial charge in [-0.05, 0) is 44.1 Å². The first kappa shape index (κ1) is 36.1. The van der Waals surface area contributed by atoms with Gasteiger partial charge in [-0.15, -0.1) is 35.1 Å². The fourth-order valence-electron chi connectivity index (χ4n) is 4.96. The molecule has 0 unspecified atom stereocenters. The number of nitrogens with two attached hydrogens (primary N) is 1. The SMILES string of the molecule is CC(C)C[C@@H]1NC(=O)CCCN(C(=O)[C@@H](C)N)CCCNC(=O)c2csc(n2)[C@H](Cc2ccccc2)NC(=O)c2csc1n2.Cl. The standard InChI is InChI=1S/C31H41N7O4S2.ClH/c1-19(2)15-22-29-37-25(18-44-29)28(41)35-23(16-21-9-5-4-6-10-21)30-36-24(17-43-30)27(40)33-12-8-14-38(31(42)20(3)32)13-7-11-26(39)34-22;/h4-6,9-10,17-20,22-23H,7-8,11-16,32H2,1-3H3,(H,33,40)(H,34,39)(H,35,41);1H/t20-,22+,23+;/m1./s1. The van der Waals surface area contributed by atoms with Gasteiger partial charge in [0.05, 0.1) is 18.1 Å². The van der Waals surface area contributed by atoms with Crippen LogP contribution in [0.25, 0.3) is 0 Å². The lowest BCUT2D eigenvalue weighted by atomic mass is 10.0. The van der Waals surface area contributed by atoms with Crippen molar-refractivity contribution in [1.82, 2.24) is 30.8 Å². The van der Waals surface area contributed by atoms with Gasteiger partial charge in [-0.2, -0.15) is 0 Å². The highest BCUT2D eigenvalue weighted by Gasteiger charge is 2.26. The lowest BCUT2D eigenvalue weighted by Gasteiger charge is -2.25. The maximum absolute atomic E-state index is 13.5. The second kappa shape index (κ2) is 17.3. The molecular weight excluding hydrogens is 634 g/mol. The number of carbonyl (C=O) groups excluding carboxylic acids is 4. The molecule has 4 rings (SSSR count). The molecule has 3 atom stereocenters. The van der Waals surface area contributed by atoms with Gasteiger partial charge in [0, 0.05) is 36.8 Å². The van der Waals surface area contributed by atoms with Gasteiger partial charge in [-0.1, -0.05) is 44.2 Å². The molecule has 0 aliphatic carbocycles. The minimum Gasteiger partial charge on any atom is -0.351 e. The van der Waals surface area contributed by atoms with Gasteiger partial charge in [0.2, 0.25) is 11.8 Å². The zero-order valence-corrected chi connectivity index (χ0v) is 28.2. The van der Waals surface area contributed by atoms with Crippen LogP contribution in [0.1, 0.15) is 95.1 Å². The van der Waals surface area contributed by atoms with E-state index in [9.17, 15) is 19.2 Å². The summed E-state index contributed by atoms with van der Waals surface area (Å²) >= 11 is 2.65. The first-order valence-corrected chi connectivity index (χ1v) is 16.7. The van der Waals surface area contributed by atoms with E-state index in [0.717, 1.165) is 5.56 Å². The Morgan fingerprint density at radius 1 is 0.933 bits per heavy atom. The summed E-state index contributed by atoms with van der Waals surface area (Å²) in [6.45, 7) is 6.88. The maximum atomic E-state index is 13.5. The predicted octanol–water partition coefficient (Wildman–Crippen LogP) is 4.03. The Bertz CT molecular complexity index is 1430. The molecule has 5 N–H and O–H groups in total. The van der Waals surface area contributed by atoms with Gasteiger partial charge >= 0.3 is 0 Å². The van der Waals surface area contributed by atoms with Crippen LogP contribution in [0.5, 0.6) is 0 Å². The van der Waals surface area contributed by atoms with Gasteiger partial charge in [0.15, 0.2) is 0 Å². The van der Waals surface area contributed by atoms with E-state index in [1.807, 2.05) is 30.3 Å². The summed E-state index contributed by atoms with van der Waals surface area (Å²) in [6, 6.07) is 8.26. The van der Waals surface area contributed by atoms with Crippen molar-refractivity contribution in [3.8, 4) is 0 Å². The summed E-state index contributed by atoms with van der Waals surface area (Å²) < 4.78 is 0. The summed E-state index contributed by atoms with van der Waals surface area (Å²) in [6.07, 6.45) is 2.34. The van der Waals surface area contributed by atoms with Crippen LogP contribution >= 0.6 is 35.1 Å². The molecule has 2 aromatic heterocycles. The van der Waals surface area contributed by atoms with E-state index >= 15 is 0 Å². The zero-order valence-electron chi connectivity index (χ0n) is 25.8. The van der Waals surface area contributed by atoms with Crippen LogP contribution in [0.4, 0.5) is 0 Å². The molecule has 0 fully saturated rings. The second-order valence-corrected chi connectivity index (χ2v) is 13.2. The zero-order chi connectivity index (χ0) is 31.6. The number of hydrogen-bond acceptors (Lipinski definition) is 9. The van der Waals surface area contributed by atoms with Crippen molar-refractivity contribution in [2.24, 2.45) is 11.7 Å². The third kappa shape index (κ3) is 10.6. The average molecular weight is 676 g/mol. The van der Waals surface area contributed by atoms with Crippen LogP contribution in [0.15, 0.2) is 41.1 Å². The molecule has 1 aromatic carbocycles. The molecule has 0 spiro atoms. The maximum Gasteiger partial charge on any atom is 0.271 e. The quantitative estimate of drug-likeness (QED) is 0.318. The molecule has 0 radical (unpaired) electrons. The number of nitrogens with one attached hydrogen (secondary N) is 3. The summed E-state index contributed by atoms with van der Waals surface area (Å²) in [5.41, 5.74) is 7.42. The molecule has 1 aliphatic rings. The van der Waals surface area contributed by atoms with E-state index in [4.69, 9.17) is 5.73 Å². The molecule has 14 heteroatoms. The van der Waals surface area contributed by atoms with E-state index in [-0.39, 0.29) is 65.8 Å². The van der Waals surface area contributed by atoms with Crippen molar-refractivity contribution in [1.29, 1.82) is 0 Å². The Labute approximate surface area is 278 Å². The van der Waals surface area contributed by atoms with E-state index in [1.54, 1.807) is 22.6 Å². The number of rotatable bonds is 5. The number of nitrogens with zero attached hydrogens (tertiary/aromatic N) is 3. The molecule has 3 heterocycles. The Kier molecular flexibility index (Phi) is 13.9. The summed E-state index contributed by atoms with van der Waals surface area (Å²) in [5, 5.41) is 13.7. The van der Waals surface area contributed by atoms with E-state index in [1.165, 1.54) is 22.7 Å². The number of aromatic nitrogens is 2. The van der Waals surface area contributed by atoms with E-state index in [0.29, 0.717) is 55.3 Å². The lowest BCUT2D eigenvalue weighted by Crippen LogP contribution is -2.44. The number of fused-ring (bicyclic) bond motifs is 4. The molecule has 1 aliphatic heterocycles. The van der Waals surface area contributed by atoms with Gasteiger partial charge < -0.3 is 26.6 Å². The van der Waals surface area contributed by atoms with Crippen molar-refractivity contribution in [2.75, 3.05) is 19.6 Å². The minimum absolute atomic E-state index is 0. The first-order chi connectivity index (χ1) is 21.1. The Morgan fingerprint density at radius 3 is 2.20 bits per heavy atom. The third-order valence-electron chi connectivity index (χ3n) is 7.16. The summed E-state index contributed by atoms with van der Waals surface area (Å²) in [7, 11) is 0. The van der Waals surface area contributed by atoms with Crippen LogP contribution < -0.4 is 21.7 Å². The molecule has 0 saturated carbocycles. The highest BCUT2D eigenvalue weighted by atomic mass is 35.5. The third-order valence-corrected chi connectivity index (χ3v) is 9.08. The smallest absolute Gasteiger partial charge is 0.271 e. The fraction of sp³-hybridized carbons (Fsp3) is 0.484. The largest absolute Gasteiger partial charge is 0.351 e. The normalized spacial score (nSPS) is 19.4. The van der Waals surface area contributed by atoms with Crippen molar-refractivity contribution in [2.45, 2.75) is 71.0 Å². The molecule has 244 valence electrons. The molecule has 4 amide bonds. The average Bonchev–Trinajstić information content (AvgIpc) is 3.68. The highest BCUT2D eigenvalue weighted by molar-refractivity contribution is 7.10. The van der Waals surface area contributed by atoms with Crippen LogP contribution in [0.2, 0.25) is 0 Å². The van der Waals surface area contributed by atoms with Crippen LogP contribution in [-0.2, 0) is 16.0 Å². The predicted molar refractivity (Wildman–Crippen MR) is 179 cm³/mol. The number of amides is 4. The van der Waals surface area contributed by atoms with Crippen molar-refractivity contribution >= 4 is 58.7 Å². The molecule has 11 nitrogen and oxygen atoms in total. The molecule has 45 heavy (non-hydrogen) atoms. The van der Waals surface area contributed by atoms with Gasteiger partial charge in [-0.3, -0.25) is 19.2 Å². The number of benzene rings is 1. The highest BCUT2D eigenvalue weighted by Crippen LogP contribution is 2.27. The van der Waals surface area contributed by atoms with Crippen LogP contribution in [0, 0.1) is 5.92 Å². The topological polar surface area (TPSA) is 159 Å². The number of thiazole rings is 2. The van der Waals surface area contributed by atoms with E-state index in [2.05, 4.69) is 39.8 Å². The number of halogens is 1. The Balaban J connectivity index is 0.00000552. The molecule has 0 saturated heterocycles. The first-order valence-electron chi connectivity index (χ1n) is 15.0. The van der Waals surface area contributed by atoms with Crippen LogP contribution in [-0.4, -0.2) is 64.2 Å². The number of carbonyl (C=O) groups is 4. The fourth-order valence-corrected chi connectivity index (χ4v) is 6.67. The van der Waals surface area contributed by atoms with Crippen molar-refractivity contribution in [3.63, 3.8) is 0 Å². The summed E-state index contributed by atoms with van der Waals surface area (Å²) in [5.74, 6) is -0.751. The van der Waals surface area contributed by atoms with Crippen molar-refractivity contribution < 1.29 is 19.2 Å². The van der Waals surface area contributed by atoms with Crippen LogP contribution in [0.3, 0.4) is 0 Å². The van der Waals surface area contributed by atoms with E-state index < -0.39 is 12.1 Å². The Hall–Kier alpha value is -3.39. The van der Waals surface area contributed by atoms with Gasteiger partial charge in [0.1, 0.15) is 21.4 Å². The van der Waals surface area contributed by atoms with Gasteiger partial charge in [0.25, 0.3) is 11.8 Å². The number of hydrogen-bond donors (Lipinski definition) is 4. The minimum atomic E-state index is -0.670. The lowest BCUT2D eigenvalue weighted by molar-refractivity contribution is -0.132.